The summed E-state index contributed by atoms with van der Waals surface area (Å²) in [5, 5.41) is 0. The Morgan fingerprint density at radius 1 is 1.11 bits per heavy atom. The van der Waals surface area contributed by atoms with Gasteiger partial charge in [-0.15, -0.1) is 0 Å². The average molecular weight is 266 g/mol. The summed E-state index contributed by atoms with van der Waals surface area (Å²) in [7, 11) is 1.34. The molecule has 104 valence electrons. The Morgan fingerprint density at radius 2 is 1.68 bits per heavy atom. The Bertz CT molecular complexity index is 442. The summed E-state index contributed by atoms with van der Waals surface area (Å²) < 4.78 is 14.6. The van der Waals surface area contributed by atoms with Crippen molar-refractivity contribution in [3.8, 4) is 5.75 Å². The Kier molecular flexibility index (Phi) is 4.92. The first kappa shape index (κ1) is 15.0. The van der Waals surface area contributed by atoms with E-state index in [2.05, 4.69) is 4.74 Å². The van der Waals surface area contributed by atoms with Gasteiger partial charge in [-0.1, -0.05) is 12.1 Å². The maximum Gasteiger partial charge on any atom is 0.514 e. The molecule has 5 heteroatoms. The normalized spacial score (nSPS) is 10.7. The number of rotatable bonds is 3. The Labute approximate surface area is 112 Å². The van der Waals surface area contributed by atoms with E-state index in [0.717, 1.165) is 5.56 Å². The second-order valence-electron chi connectivity index (χ2n) is 4.96. The molecule has 0 aromatic heterocycles. The van der Waals surface area contributed by atoms with Gasteiger partial charge in [-0.05, 0) is 38.5 Å². The van der Waals surface area contributed by atoms with E-state index in [9.17, 15) is 9.59 Å². The van der Waals surface area contributed by atoms with Crippen LogP contribution in [-0.2, 0) is 20.7 Å². The van der Waals surface area contributed by atoms with Crippen LogP contribution in [0, 0.1) is 0 Å². The third kappa shape index (κ3) is 5.90. The maximum absolute atomic E-state index is 11.4. The van der Waals surface area contributed by atoms with Crippen LogP contribution < -0.4 is 4.74 Å². The molecular weight excluding hydrogens is 248 g/mol. The second-order valence-corrected chi connectivity index (χ2v) is 4.96. The lowest BCUT2D eigenvalue weighted by molar-refractivity contribution is -0.139. The fraction of sp³-hybridized carbons (Fsp3) is 0.429. The molecule has 0 fully saturated rings. The van der Waals surface area contributed by atoms with E-state index in [1.54, 1.807) is 45.0 Å². The highest BCUT2D eigenvalue weighted by Crippen LogP contribution is 2.15. The van der Waals surface area contributed by atoms with Crippen LogP contribution >= 0.6 is 0 Å². The lowest BCUT2D eigenvalue weighted by Crippen LogP contribution is -2.25. The minimum atomic E-state index is -0.756. The number of carbonyl (C=O) groups excluding carboxylic acids is 2. The van der Waals surface area contributed by atoms with Crippen LogP contribution in [0.15, 0.2) is 24.3 Å². The van der Waals surface area contributed by atoms with E-state index in [1.807, 2.05) is 0 Å². The van der Waals surface area contributed by atoms with E-state index in [0.29, 0.717) is 5.75 Å². The zero-order valence-corrected chi connectivity index (χ0v) is 11.6. The van der Waals surface area contributed by atoms with Crippen LogP contribution in [0.4, 0.5) is 4.79 Å². The van der Waals surface area contributed by atoms with Crippen molar-refractivity contribution in [1.29, 1.82) is 0 Å². The SMILES string of the molecule is COC(=O)Cc1ccc(OC(=O)OC(C)(C)C)cc1. The Hall–Kier alpha value is -2.04. The predicted octanol–water partition coefficient (Wildman–Crippen LogP) is 2.72. The molecule has 0 amide bonds. The molecule has 0 atom stereocenters. The highest BCUT2D eigenvalue weighted by atomic mass is 16.7. The maximum atomic E-state index is 11.4. The monoisotopic (exact) mass is 266 g/mol. The molecule has 0 N–H and O–H groups in total. The molecule has 1 aromatic carbocycles. The van der Waals surface area contributed by atoms with E-state index < -0.39 is 11.8 Å². The van der Waals surface area contributed by atoms with Gasteiger partial charge in [0.1, 0.15) is 11.4 Å². The molecule has 1 aromatic rings. The van der Waals surface area contributed by atoms with Gasteiger partial charge >= 0.3 is 12.1 Å². The minimum absolute atomic E-state index is 0.184. The molecule has 0 unspecified atom stereocenters. The van der Waals surface area contributed by atoms with Crippen molar-refractivity contribution in [2.75, 3.05) is 7.11 Å². The minimum Gasteiger partial charge on any atom is -0.469 e. The fourth-order valence-electron chi connectivity index (χ4n) is 1.28. The summed E-state index contributed by atoms with van der Waals surface area (Å²) in [5.41, 5.74) is 0.186. The van der Waals surface area contributed by atoms with Crippen LogP contribution in [0.5, 0.6) is 5.75 Å². The molecule has 0 aliphatic rings. The summed E-state index contributed by atoms with van der Waals surface area (Å²) in [6, 6.07) is 6.58. The van der Waals surface area contributed by atoms with Crippen LogP contribution in [0.25, 0.3) is 0 Å². The van der Waals surface area contributed by atoms with Gasteiger partial charge in [0.25, 0.3) is 0 Å². The largest absolute Gasteiger partial charge is 0.514 e. The molecular formula is C14H18O5. The van der Waals surface area contributed by atoms with E-state index >= 15 is 0 Å². The third-order valence-corrected chi connectivity index (χ3v) is 2.09. The van der Waals surface area contributed by atoms with Crippen LogP contribution in [0.3, 0.4) is 0 Å². The number of hydrogen-bond donors (Lipinski definition) is 0. The summed E-state index contributed by atoms with van der Waals surface area (Å²) in [6.45, 7) is 5.27. The average Bonchev–Trinajstić information content (AvgIpc) is 2.29. The summed E-state index contributed by atoms with van der Waals surface area (Å²) in [6.07, 6.45) is -0.573. The van der Waals surface area contributed by atoms with Crippen molar-refractivity contribution >= 4 is 12.1 Å². The first-order valence-corrected chi connectivity index (χ1v) is 5.87. The van der Waals surface area contributed by atoms with Crippen molar-refractivity contribution in [2.45, 2.75) is 32.8 Å². The van der Waals surface area contributed by atoms with Gasteiger partial charge in [-0.25, -0.2) is 4.79 Å². The molecule has 0 bridgehead atoms. The predicted molar refractivity (Wildman–Crippen MR) is 69.0 cm³/mol. The van der Waals surface area contributed by atoms with Gasteiger partial charge in [0.15, 0.2) is 0 Å². The summed E-state index contributed by atoms with van der Waals surface area (Å²) >= 11 is 0. The van der Waals surface area contributed by atoms with Gasteiger partial charge in [-0.2, -0.15) is 0 Å². The number of carbonyl (C=O) groups is 2. The van der Waals surface area contributed by atoms with Gasteiger partial charge in [-0.3, -0.25) is 4.79 Å². The van der Waals surface area contributed by atoms with E-state index in [4.69, 9.17) is 9.47 Å². The Balaban J connectivity index is 2.57. The molecule has 0 heterocycles. The fourth-order valence-corrected chi connectivity index (χ4v) is 1.28. The van der Waals surface area contributed by atoms with Gasteiger partial charge < -0.3 is 14.2 Å². The van der Waals surface area contributed by atoms with Crippen LogP contribution in [0.1, 0.15) is 26.3 Å². The zero-order chi connectivity index (χ0) is 14.5. The third-order valence-electron chi connectivity index (χ3n) is 2.09. The first-order valence-electron chi connectivity index (χ1n) is 5.87. The smallest absolute Gasteiger partial charge is 0.469 e. The van der Waals surface area contributed by atoms with E-state index in [-0.39, 0.29) is 12.4 Å². The quantitative estimate of drug-likeness (QED) is 0.621. The number of hydrogen-bond acceptors (Lipinski definition) is 5. The van der Waals surface area contributed by atoms with Gasteiger partial charge in [0.05, 0.1) is 13.5 Å². The summed E-state index contributed by atoms with van der Waals surface area (Å²) in [4.78, 5) is 22.5. The molecule has 1 rings (SSSR count). The lowest BCUT2D eigenvalue weighted by atomic mass is 10.1. The first-order chi connectivity index (χ1) is 8.80. The van der Waals surface area contributed by atoms with Crippen molar-refractivity contribution < 1.29 is 23.8 Å². The second kappa shape index (κ2) is 6.22. The zero-order valence-electron chi connectivity index (χ0n) is 11.6. The van der Waals surface area contributed by atoms with Gasteiger partial charge in [0.2, 0.25) is 0 Å². The molecule has 0 aliphatic heterocycles. The van der Waals surface area contributed by atoms with Gasteiger partial charge in [0, 0.05) is 0 Å². The molecule has 0 spiro atoms. The number of ether oxygens (including phenoxy) is 3. The van der Waals surface area contributed by atoms with E-state index in [1.165, 1.54) is 7.11 Å². The standard InChI is InChI=1S/C14H18O5/c1-14(2,3)19-13(16)18-11-7-5-10(6-8-11)9-12(15)17-4/h5-8H,9H2,1-4H3. The number of benzene rings is 1. The Morgan fingerprint density at radius 3 is 2.16 bits per heavy atom. The molecule has 0 saturated heterocycles. The molecule has 0 radical (unpaired) electrons. The van der Waals surface area contributed by atoms with Crippen molar-refractivity contribution in [1.82, 2.24) is 0 Å². The number of methoxy groups -OCH3 is 1. The molecule has 19 heavy (non-hydrogen) atoms. The topological polar surface area (TPSA) is 61.8 Å². The van der Waals surface area contributed by atoms with Crippen LogP contribution in [0.2, 0.25) is 0 Å². The van der Waals surface area contributed by atoms with Crippen molar-refractivity contribution in [2.24, 2.45) is 0 Å². The van der Waals surface area contributed by atoms with Crippen molar-refractivity contribution in [3.63, 3.8) is 0 Å². The molecule has 0 aliphatic carbocycles. The highest BCUT2D eigenvalue weighted by molar-refractivity contribution is 5.72. The molecule has 0 saturated carbocycles. The molecule has 5 nitrogen and oxygen atoms in total. The summed E-state index contributed by atoms with van der Waals surface area (Å²) in [5.74, 6) is 0.0451. The van der Waals surface area contributed by atoms with Crippen LogP contribution in [-0.4, -0.2) is 24.8 Å². The van der Waals surface area contributed by atoms with Crippen molar-refractivity contribution in [3.05, 3.63) is 29.8 Å². The lowest BCUT2D eigenvalue weighted by Gasteiger charge is -2.18. The highest BCUT2D eigenvalue weighted by Gasteiger charge is 2.18. The number of esters is 1.